The van der Waals surface area contributed by atoms with Crippen LogP contribution in [0.15, 0.2) is 48.5 Å². The van der Waals surface area contributed by atoms with E-state index in [0.717, 1.165) is 23.3 Å². The maximum absolute atomic E-state index is 12.9. The van der Waals surface area contributed by atoms with Gasteiger partial charge in [-0.1, -0.05) is 29.8 Å². The second kappa shape index (κ2) is 8.07. The first-order chi connectivity index (χ1) is 15.1. The predicted molar refractivity (Wildman–Crippen MR) is 114 cm³/mol. The Balaban J connectivity index is 1.61. The van der Waals surface area contributed by atoms with Crippen LogP contribution in [0.3, 0.4) is 0 Å². The number of nitrogens with one attached hydrogen (secondary N) is 1. The molecule has 9 heteroatoms. The van der Waals surface area contributed by atoms with Crippen molar-refractivity contribution < 1.29 is 18.0 Å². The highest BCUT2D eigenvalue weighted by molar-refractivity contribution is 5.92. The molecule has 2 aromatic heterocycles. The zero-order valence-electron chi connectivity index (χ0n) is 17.7. The molecular weight excluding hydrogens is 419 g/mol. The van der Waals surface area contributed by atoms with Crippen LogP contribution in [-0.4, -0.2) is 25.5 Å². The van der Waals surface area contributed by atoms with Gasteiger partial charge in [0.2, 0.25) is 5.91 Å². The van der Waals surface area contributed by atoms with Gasteiger partial charge in [0.1, 0.15) is 0 Å². The van der Waals surface area contributed by atoms with Crippen LogP contribution in [0.1, 0.15) is 28.1 Å². The van der Waals surface area contributed by atoms with Crippen molar-refractivity contribution in [3.8, 4) is 11.4 Å². The fourth-order valence-electron chi connectivity index (χ4n) is 3.51. The average Bonchev–Trinajstić information content (AvgIpc) is 3.15. The van der Waals surface area contributed by atoms with Crippen molar-refractivity contribution in [2.75, 3.05) is 5.32 Å². The van der Waals surface area contributed by atoms with Crippen molar-refractivity contribution in [2.24, 2.45) is 0 Å². The number of anilines is 1. The number of nitrogens with zero attached hydrogens (tertiary/aromatic N) is 4. The Morgan fingerprint density at radius 1 is 1.03 bits per heavy atom. The fourth-order valence-corrected chi connectivity index (χ4v) is 3.51. The lowest BCUT2D eigenvalue weighted by molar-refractivity contribution is -0.137. The molecule has 164 valence electrons. The van der Waals surface area contributed by atoms with E-state index in [9.17, 15) is 18.0 Å². The van der Waals surface area contributed by atoms with Crippen molar-refractivity contribution in [3.63, 3.8) is 0 Å². The summed E-state index contributed by atoms with van der Waals surface area (Å²) >= 11 is 0. The Morgan fingerprint density at radius 2 is 1.78 bits per heavy atom. The van der Waals surface area contributed by atoms with Gasteiger partial charge in [-0.25, -0.2) is 9.50 Å². The monoisotopic (exact) mass is 439 g/mol. The largest absolute Gasteiger partial charge is 0.416 e. The number of hydrogen-bond acceptors (Lipinski definition) is 4. The number of carbonyl (C=O) groups excluding carboxylic acids is 1. The summed E-state index contributed by atoms with van der Waals surface area (Å²) in [7, 11) is 0. The first kappa shape index (κ1) is 21.5. The van der Waals surface area contributed by atoms with Crippen molar-refractivity contribution in [1.82, 2.24) is 19.6 Å². The number of alkyl halides is 3. The van der Waals surface area contributed by atoms with Gasteiger partial charge >= 0.3 is 6.18 Å². The number of fused-ring (bicyclic) bond motifs is 1. The Bertz CT molecular complexity index is 1330. The lowest BCUT2D eigenvalue weighted by Gasteiger charge is -2.12. The number of aryl methyl sites for hydroxylation is 3. The van der Waals surface area contributed by atoms with E-state index in [1.54, 1.807) is 11.4 Å². The number of aromatic nitrogens is 4. The zero-order valence-corrected chi connectivity index (χ0v) is 17.7. The SMILES string of the molecule is Cc1cccc(-c2nc3nc(C)c(CC(=O)Nc4cccc(C(F)(F)F)c4)c(C)n3n2)c1. The van der Waals surface area contributed by atoms with Crippen LogP contribution >= 0.6 is 0 Å². The highest BCUT2D eigenvalue weighted by Gasteiger charge is 2.30. The summed E-state index contributed by atoms with van der Waals surface area (Å²) < 4.78 is 40.3. The number of amides is 1. The summed E-state index contributed by atoms with van der Waals surface area (Å²) in [5.74, 6) is 0.489. The summed E-state index contributed by atoms with van der Waals surface area (Å²) in [4.78, 5) is 21.6. The highest BCUT2D eigenvalue weighted by atomic mass is 19.4. The third kappa shape index (κ3) is 4.32. The van der Waals surface area contributed by atoms with Gasteiger partial charge in [-0.05, 0) is 45.0 Å². The summed E-state index contributed by atoms with van der Waals surface area (Å²) in [6.45, 7) is 5.55. The molecule has 0 atom stereocenters. The molecule has 0 saturated carbocycles. The van der Waals surface area contributed by atoms with E-state index in [4.69, 9.17) is 0 Å². The van der Waals surface area contributed by atoms with Crippen LogP contribution in [0.5, 0.6) is 0 Å². The van der Waals surface area contributed by atoms with Crippen molar-refractivity contribution in [1.29, 1.82) is 0 Å². The van der Waals surface area contributed by atoms with E-state index >= 15 is 0 Å². The maximum Gasteiger partial charge on any atom is 0.416 e. The number of rotatable bonds is 4. The van der Waals surface area contributed by atoms with E-state index < -0.39 is 17.6 Å². The molecule has 0 aliphatic carbocycles. The lowest BCUT2D eigenvalue weighted by Crippen LogP contribution is -2.18. The molecule has 1 N–H and O–H groups in total. The van der Waals surface area contributed by atoms with Crippen LogP contribution < -0.4 is 5.32 Å². The minimum atomic E-state index is -4.48. The normalized spacial score (nSPS) is 11.7. The molecule has 4 rings (SSSR count). The highest BCUT2D eigenvalue weighted by Crippen LogP contribution is 2.30. The van der Waals surface area contributed by atoms with Crippen LogP contribution in [0.2, 0.25) is 0 Å². The second-order valence-corrected chi connectivity index (χ2v) is 7.58. The van der Waals surface area contributed by atoms with E-state index in [2.05, 4.69) is 20.4 Å². The summed E-state index contributed by atoms with van der Waals surface area (Å²) in [5.41, 5.74) is 3.14. The van der Waals surface area contributed by atoms with Gasteiger partial charge in [-0.15, -0.1) is 5.10 Å². The molecular formula is C23H20F3N5O. The van der Waals surface area contributed by atoms with Crippen LogP contribution in [0, 0.1) is 20.8 Å². The topological polar surface area (TPSA) is 72.2 Å². The average molecular weight is 439 g/mol. The van der Waals surface area contributed by atoms with Crippen molar-refractivity contribution in [3.05, 3.63) is 76.6 Å². The molecule has 0 radical (unpaired) electrons. The van der Waals surface area contributed by atoms with Gasteiger partial charge < -0.3 is 5.32 Å². The molecule has 0 saturated heterocycles. The molecule has 2 aromatic carbocycles. The molecule has 0 spiro atoms. The Hall–Kier alpha value is -3.75. The number of benzene rings is 2. The molecule has 0 aliphatic heterocycles. The molecule has 32 heavy (non-hydrogen) atoms. The quantitative estimate of drug-likeness (QED) is 0.490. The Labute approximate surface area is 182 Å². The van der Waals surface area contributed by atoms with Gasteiger partial charge in [0.15, 0.2) is 5.82 Å². The van der Waals surface area contributed by atoms with E-state index in [1.807, 2.05) is 38.1 Å². The van der Waals surface area contributed by atoms with Gasteiger partial charge in [0.25, 0.3) is 5.78 Å². The van der Waals surface area contributed by atoms with Gasteiger partial charge in [-0.2, -0.15) is 18.2 Å². The first-order valence-electron chi connectivity index (χ1n) is 9.89. The molecule has 1 amide bonds. The molecule has 0 unspecified atom stereocenters. The maximum atomic E-state index is 12.9. The van der Waals surface area contributed by atoms with Gasteiger partial charge in [-0.3, -0.25) is 4.79 Å². The number of halogens is 3. The third-order valence-electron chi connectivity index (χ3n) is 5.14. The van der Waals surface area contributed by atoms with Crippen LogP contribution in [0.4, 0.5) is 18.9 Å². The standard InChI is InChI=1S/C23H20F3N5O/c1-13-6-4-7-16(10-13)21-29-22-27-14(2)19(15(3)31(22)30-21)12-20(32)28-18-9-5-8-17(11-18)23(24,25)26/h4-11H,12H2,1-3H3,(H,28,32). The number of hydrogen-bond donors (Lipinski definition) is 1. The zero-order chi connectivity index (χ0) is 23.0. The minimum Gasteiger partial charge on any atom is -0.326 e. The molecule has 0 aliphatic rings. The summed E-state index contributed by atoms with van der Waals surface area (Å²) in [6, 6.07) is 12.3. The van der Waals surface area contributed by atoms with E-state index in [0.29, 0.717) is 28.6 Å². The van der Waals surface area contributed by atoms with E-state index in [-0.39, 0.29) is 12.1 Å². The summed E-state index contributed by atoms with van der Waals surface area (Å²) in [5, 5.41) is 7.07. The van der Waals surface area contributed by atoms with Crippen molar-refractivity contribution in [2.45, 2.75) is 33.4 Å². The predicted octanol–water partition coefficient (Wildman–Crippen LogP) is 4.92. The lowest BCUT2D eigenvalue weighted by atomic mass is 10.1. The second-order valence-electron chi connectivity index (χ2n) is 7.58. The van der Waals surface area contributed by atoms with Crippen molar-refractivity contribution >= 4 is 17.4 Å². The van der Waals surface area contributed by atoms with Gasteiger partial charge in [0, 0.05) is 28.2 Å². The Morgan fingerprint density at radius 3 is 2.50 bits per heavy atom. The minimum absolute atomic E-state index is 0.0590. The molecule has 2 heterocycles. The van der Waals surface area contributed by atoms with Crippen LogP contribution in [-0.2, 0) is 17.4 Å². The molecule has 0 fully saturated rings. The van der Waals surface area contributed by atoms with E-state index in [1.165, 1.54) is 12.1 Å². The molecule has 4 aromatic rings. The third-order valence-corrected chi connectivity index (χ3v) is 5.14. The van der Waals surface area contributed by atoms with Gasteiger partial charge in [0.05, 0.1) is 12.0 Å². The summed E-state index contributed by atoms with van der Waals surface area (Å²) in [6.07, 6.45) is -4.54. The Kier molecular flexibility index (Phi) is 5.41. The smallest absolute Gasteiger partial charge is 0.326 e. The fraction of sp³-hybridized carbons (Fsp3) is 0.217. The number of carbonyl (C=O) groups is 1. The molecule has 6 nitrogen and oxygen atoms in total. The molecule has 0 bridgehead atoms. The van der Waals surface area contributed by atoms with Crippen LogP contribution in [0.25, 0.3) is 17.2 Å². The first-order valence-corrected chi connectivity index (χ1v) is 9.89.